The lowest BCUT2D eigenvalue weighted by Gasteiger charge is -2.14. The third-order valence-corrected chi connectivity index (χ3v) is 4.44. The molecule has 0 fully saturated rings. The molecule has 0 aliphatic heterocycles. The van der Waals surface area contributed by atoms with Crippen LogP contribution in [0.2, 0.25) is 0 Å². The summed E-state index contributed by atoms with van der Waals surface area (Å²) in [5.41, 5.74) is -0.520. The average molecular weight is 325 g/mol. The first kappa shape index (κ1) is 22.3. The van der Waals surface area contributed by atoms with Crippen LogP contribution in [0.4, 0.5) is 0 Å². The number of unbranched alkanes of at least 4 members (excludes halogenated alkanes) is 12. The van der Waals surface area contributed by atoms with Crippen molar-refractivity contribution in [1.82, 2.24) is 0 Å². The molecule has 2 heteroatoms. The van der Waals surface area contributed by atoms with Gasteiger partial charge < -0.3 is 0 Å². The van der Waals surface area contributed by atoms with E-state index < -0.39 is 5.41 Å². The molecule has 0 N–H and O–H groups in total. The van der Waals surface area contributed by atoms with E-state index in [1.54, 1.807) is 0 Å². The van der Waals surface area contributed by atoms with E-state index in [9.17, 15) is 9.59 Å². The number of hydrogen-bond donors (Lipinski definition) is 0. The van der Waals surface area contributed by atoms with E-state index in [-0.39, 0.29) is 11.6 Å². The Hall–Kier alpha value is -0.660. The van der Waals surface area contributed by atoms with Crippen molar-refractivity contribution in [2.24, 2.45) is 5.41 Å². The molecule has 0 radical (unpaired) electrons. The maximum absolute atomic E-state index is 11.8. The van der Waals surface area contributed by atoms with Gasteiger partial charge in [0.1, 0.15) is 0 Å². The summed E-state index contributed by atoms with van der Waals surface area (Å²) in [6.45, 7) is 7.71. The molecule has 0 aliphatic carbocycles. The third-order valence-electron chi connectivity index (χ3n) is 4.44. The maximum Gasteiger partial charge on any atom is 0.203 e. The number of rotatable bonds is 15. The molecule has 0 spiro atoms. The first-order valence-electron chi connectivity index (χ1n) is 9.97. The summed E-state index contributed by atoms with van der Waals surface area (Å²) < 4.78 is 0. The highest BCUT2D eigenvalue weighted by Crippen LogP contribution is 2.17. The SMILES string of the molecule is CCCCCCCCCCCCCCCC(=O)C(=O)C(C)(C)C. The number of carbonyl (C=O) groups is 2. The number of hydrogen-bond acceptors (Lipinski definition) is 2. The lowest BCUT2D eigenvalue weighted by atomic mass is 9.87. The molecule has 0 unspecified atom stereocenters. The van der Waals surface area contributed by atoms with E-state index in [1.165, 1.54) is 70.6 Å². The van der Waals surface area contributed by atoms with E-state index >= 15 is 0 Å². The topological polar surface area (TPSA) is 34.1 Å². The predicted molar refractivity (Wildman–Crippen MR) is 99.8 cm³/mol. The molecule has 2 nitrogen and oxygen atoms in total. The fourth-order valence-electron chi connectivity index (χ4n) is 2.84. The summed E-state index contributed by atoms with van der Waals surface area (Å²) >= 11 is 0. The average Bonchev–Trinajstić information content (AvgIpc) is 2.50. The second kappa shape index (κ2) is 13.7. The maximum atomic E-state index is 11.8. The standard InChI is InChI=1S/C21H40O2/c1-5-6-7-8-9-10-11-12-13-14-15-16-17-18-19(22)20(23)21(2,3)4/h5-18H2,1-4H3. The molecule has 0 amide bonds. The van der Waals surface area contributed by atoms with Crippen LogP contribution in [0.15, 0.2) is 0 Å². The van der Waals surface area contributed by atoms with E-state index in [0.717, 1.165) is 12.8 Å². The van der Waals surface area contributed by atoms with Crippen molar-refractivity contribution >= 4 is 11.6 Å². The normalized spacial score (nSPS) is 11.7. The van der Waals surface area contributed by atoms with E-state index in [2.05, 4.69) is 6.92 Å². The Balaban J connectivity index is 3.31. The molecule has 23 heavy (non-hydrogen) atoms. The van der Waals surface area contributed by atoms with Crippen molar-refractivity contribution in [2.75, 3.05) is 0 Å². The van der Waals surface area contributed by atoms with E-state index in [4.69, 9.17) is 0 Å². The van der Waals surface area contributed by atoms with E-state index in [1.807, 2.05) is 20.8 Å². The monoisotopic (exact) mass is 324 g/mol. The first-order valence-corrected chi connectivity index (χ1v) is 9.97. The molecule has 0 aromatic rings. The van der Waals surface area contributed by atoms with Crippen LogP contribution in [0.1, 0.15) is 118 Å². The van der Waals surface area contributed by atoms with Crippen LogP contribution in [-0.2, 0) is 9.59 Å². The summed E-state index contributed by atoms with van der Waals surface area (Å²) in [6, 6.07) is 0. The minimum atomic E-state index is -0.520. The van der Waals surface area contributed by atoms with Gasteiger partial charge in [-0.15, -0.1) is 0 Å². The van der Waals surface area contributed by atoms with Crippen LogP contribution < -0.4 is 0 Å². The molecule has 136 valence electrons. The Morgan fingerprint density at radius 2 is 0.957 bits per heavy atom. The van der Waals surface area contributed by atoms with Crippen molar-refractivity contribution in [3.63, 3.8) is 0 Å². The fraction of sp³-hybridized carbons (Fsp3) is 0.905. The summed E-state index contributed by atoms with van der Waals surface area (Å²) in [7, 11) is 0. The first-order chi connectivity index (χ1) is 10.9. The second-order valence-electron chi connectivity index (χ2n) is 7.99. The quantitative estimate of drug-likeness (QED) is 0.249. The minimum absolute atomic E-state index is 0.180. The smallest absolute Gasteiger partial charge is 0.203 e. The Morgan fingerprint density at radius 3 is 1.30 bits per heavy atom. The Kier molecular flexibility index (Phi) is 13.4. The van der Waals surface area contributed by atoms with Crippen LogP contribution in [0, 0.1) is 5.41 Å². The predicted octanol–water partition coefficient (Wildman–Crippen LogP) is 6.65. The van der Waals surface area contributed by atoms with Gasteiger partial charge in [0, 0.05) is 11.8 Å². The molecule has 0 rings (SSSR count). The Morgan fingerprint density at radius 1 is 0.609 bits per heavy atom. The minimum Gasteiger partial charge on any atom is -0.291 e. The van der Waals surface area contributed by atoms with Crippen LogP contribution >= 0.6 is 0 Å². The highest BCUT2D eigenvalue weighted by Gasteiger charge is 2.27. The number of ketones is 2. The zero-order chi connectivity index (χ0) is 17.6. The van der Waals surface area contributed by atoms with Gasteiger partial charge in [-0.2, -0.15) is 0 Å². The van der Waals surface area contributed by atoms with Crippen molar-refractivity contribution in [2.45, 2.75) is 118 Å². The summed E-state index contributed by atoms with van der Waals surface area (Å²) in [4.78, 5) is 23.5. The Bertz CT molecular complexity index is 312. The summed E-state index contributed by atoms with van der Waals surface area (Å²) in [5, 5.41) is 0. The zero-order valence-corrected chi connectivity index (χ0v) is 16.2. The van der Waals surface area contributed by atoms with Crippen molar-refractivity contribution in [3.8, 4) is 0 Å². The zero-order valence-electron chi connectivity index (χ0n) is 16.2. The largest absolute Gasteiger partial charge is 0.291 e. The van der Waals surface area contributed by atoms with Gasteiger partial charge in [-0.05, 0) is 6.42 Å². The van der Waals surface area contributed by atoms with Gasteiger partial charge in [0.25, 0.3) is 0 Å². The molecule has 0 aromatic heterocycles. The van der Waals surface area contributed by atoms with Crippen molar-refractivity contribution in [3.05, 3.63) is 0 Å². The molecule has 0 saturated carbocycles. The number of Topliss-reactive ketones (excluding diaryl/α,β-unsaturated/α-hetero) is 2. The molecular formula is C21H40O2. The van der Waals surface area contributed by atoms with Crippen LogP contribution in [0.5, 0.6) is 0 Å². The van der Waals surface area contributed by atoms with Crippen molar-refractivity contribution in [1.29, 1.82) is 0 Å². The molecule has 0 heterocycles. The Labute approximate surface area is 144 Å². The van der Waals surface area contributed by atoms with E-state index in [0.29, 0.717) is 6.42 Å². The molecule has 0 aromatic carbocycles. The lowest BCUT2D eigenvalue weighted by Crippen LogP contribution is -2.28. The van der Waals surface area contributed by atoms with Gasteiger partial charge in [0.15, 0.2) is 5.78 Å². The molecule has 0 atom stereocenters. The highest BCUT2D eigenvalue weighted by atomic mass is 16.2. The molecular weight excluding hydrogens is 284 g/mol. The van der Waals surface area contributed by atoms with Crippen LogP contribution in [0.25, 0.3) is 0 Å². The lowest BCUT2D eigenvalue weighted by molar-refractivity contribution is -0.141. The fourth-order valence-corrected chi connectivity index (χ4v) is 2.84. The molecule has 0 saturated heterocycles. The molecule has 0 aliphatic rings. The summed E-state index contributed by atoms with van der Waals surface area (Å²) in [6.07, 6.45) is 17.3. The van der Waals surface area contributed by atoms with Crippen LogP contribution in [0.3, 0.4) is 0 Å². The number of carbonyl (C=O) groups excluding carboxylic acids is 2. The van der Waals surface area contributed by atoms with Gasteiger partial charge in [0.05, 0.1) is 0 Å². The van der Waals surface area contributed by atoms with Gasteiger partial charge >= 0.3 is 0 Å². The van der Waals surface area contributed by atoms with Gasteiger partial charge in [0.2, 0.25) is 5.78 Å². The highest BCUT2D eigenvalue weighted by molar-refractivity contribution is 6.38. The summed E-state index contributed by atoms with van der Waals surface area (Å²) in [5.74, 6) is -0.392. The van der Waals surface area contributed by atoms with Crippen LogP contribution in [-0.4, -0.2) is 11.6 Å². The van der Waals surface area contributed by atoms with Gasteiger partial charge in [-0.3, -0.25) is 9.59 Å². The van der Waals surface area contributed by atoms with Gasteiger partial charge in [-0.25, -0.2) is 0 Å². The third kappa shape index (κ3) is 13.5. The van der Waals surface area contributed by atoms with Crippen molar-refractivity contribution < 1.29 is 9.59 Å². The molecule has 0 bridgehead atoms. The van der Waals surface area contributed by atoms with Gasteiger partial charge in [-0.1, -0.05) is 105 Å². The second-order valence-corrected chi connectivity index (χ2v) is 7.99.